The smallest absolute Gasteiger partial charge is 0.352 e. The predicted octanol–water partition coefficient (Wildman–Crippen LogP) is 3.95. The lowest BCUT2D eigenvalue weighted by Crippen LogP contribution is -2.01. The lowest BCUT2D eigenvalue weighted by Gasteiger charge is -2.02. The molecule has 5 rings (SSSR count). The molecule has 0 saturated carbocycles. The van der Waals surface area contributed by atoms with Crippen molar-refractivity contribution in [2.24, 2.45) is 0 Å². The van der Waals surface area contributed by atoms with Crippen molar-refractivity contribution in [1.82, 2.24) is 0 Å². The van der Waals surface area contributed by atoms with Crippen LogP contribution in [-0.2, 0) is 9.16 Å². The highest BCUT2D eigenvalue weighted by atomic mass is 16.5. The molecule has 0 spiro atoms. The van der Waals surface area contributed by atoms with Crippen LogP contribution in [0.2, 0.25) is 0 Å². The van der Waals surface area contributed by atoms with Crippen LogP contribution in [-0.4, -0.2) is 20.2 Å². The van der Waals surface area contributed by atoms with Gasteiger partial charge in [-0.05, 0) is 51.9 Å². The second-order valence-electron chi connectivity index (χ2n) is 6.56. The van der Waals surface area contributed by atoms with E-state index >= 15 is 0 Å². The van der Waals surface area contributed by atoms with E-state index in [1.54, 1.807) is 20.5 Å². The first-order valence-electron chi connectivity index (χ1n) is 8.75. The van der Waals surface area contributed by atoms with Gasteiger partial charge >= 0.3 is 5.94 Å². The minimum Gasteiger partial charge on any atom is -0.504 e. The first kappa shape index (κ1) is 15.7. The Labute approximate surface area is 155 Å². The van der Waals surface area contributed by atoms with Gasteiger partial charge in [0.2, 0.25) is 0 Å². The van der Waals surface area contributed by atoms with Gasteiger partial charge in [0.15, 0.2) is 0 Å². The molecule has 130 valence electrons. The normalized spacial score (nSPS) is 12.1. The third-order valence-corrected chi connectivity index (χ3v) is 4.93. The van der Waals surface area contributed by atoms with E-state index in [4.69, 9.17) is 13.6 Å². The number of ether oxygens (including phenoxy) is 1. The molecule has 0 fully saturated rings. The Morgan fingerprint density at radius 1 is 0.852 bits per heavy atom. The molecule has 0 amide bonds. The standard InChI is InChI=1S/C24H17O3/c1-25-13-15-3-5-17-7-9-21-23(19(17)11-15)24-20-12-16(14-26-2)4-6-18(20)8-10-22(24)27-21/h3-13H,1-2H3/q+1. The summed E-state index contributed by atoms with van der Waals surface area (Å²) >= 11 is 0. The number of carbonyl (C=O) groups excluding carboxylic acids is 1. The second-order valence-corrected chi connectivity index (χ2v) is 6.56. The zero-order chi connectivity index (χ0) is 18.4. The molecule has 4 aromatic carbocycles. The molecular formula is C24H17O3+. The summed E-state index contributed by atoms with van der Waals surface area (Å²) in [5.74, 6) is 2.92. The number of rotatable bonds is 1. The fourth-order valence-corrected chi connectivity index (χ4v) is 3.81. The second kappa shape index (κ2) is 6.01. The first-order chi connectivity index (χ1) is 13.3. The highest BCUT2D eigenvalue weighted by Crippen LogP contribution is 2.37. The van der Waals surface area contributed by atoms with E-state index in [1.807, 2.05) is 18.2 Å². The van der Waals surface area contributed by atoms with Crippen LogP contribution in [0.4, 0.5) is 0 Å². The van der Waals surface area contributed by atoms with Crippen LogP contribution in [0.25, 0.3) is 49.7 Å². The highest BCUT2D eigenvalue weighted by Gasteiger charge is 2.13. The van der Waals surface area contributed by atoms with Crippen LogP contribution in [0.15, 0.2) is 65.1 Å². The number of hydrogen-bond acceptors (Lipinski definition) is 2. The van der Waals surface area contributed by atoms with E-state index in [2.05, 4.69) is 48.4 Å². The average Bonchev–Trinajstić information content (AvgIpc) is 3.08. The fraction of sp³-hybridized carbons (Fsp3) is 0.0833. The molecule has 0 atom stereocenters. The lowest BCUT2D eigenvalue weighted by molar-refractivity contribution is 0.188. The molecule has 0 aliphatic carbocycles. The Bertz CT molecular complexity index is 1500. The van der Waals surface area contributed by atoms with E-state index in [1.165, 1.54) is 5.39 Å². The molecule has 0 bridgehead atoms. The van der Waals surface area contributed by atoms with Crippen LogP contribution < -0.4 is 10.4 Å². The topological polar surface area (TPSA) is 33.7 Å². The average molecular weight is 353 g/mol. The summed E-state index contributed by atoms with van der Waals surface area (Å²) < 4.78 is 16.5. The number of methoxy groups -OCH3 is 1. The Morgan fingerprint density at radius 2 is 1.48 bits per heavy atom. The fourth-order valence-electron chi connectivity index (χ4n) is 3.81. The van der Waals surface area contributed by atoms with Gasteiger partial charge in [-0.3, -0.25) is 0 Å². The summed E-state index contributed by atoms with van der Waals surface area (Å²) in [6.07, 6.45) is 1.75. The van der Waals surface area contributed by atoms with Gasteiger partial charge in [0.25, 0.3) is 7.11 Å². The zero-order valence-electron chi connectivity index (χ0n) is 15.1. The Kier molecular flexibility index (Phi) is 3.49. The highest BCUT2D eigenvalue weighted by molar-refractivity contribution is 6.26. The van der Waals surface area contributed by atoms with Gasteiger partial charge in [0, 0.05) is 16.0 Å². The van der Waals surface area contributed by atoms with Gasteiger partial charge in [-0.2, -0.15) is 0 Å². The number of fused-ring (bicyclic) bond motifs is 7. The van der Waals surface area contributed by atoms with E-state index in [0.29, 0.717) is 0 Å². The SMILES string of the molecule is COC=c1ccc2ccc3oc4ccc5ccc(=C=[O+]C)cc5c4c3c2c1. The Morgan fingerprint density at radius 3 is 2.15 bits per heavy atom. The lowest BCUT2D eigenvalue weighted by atomic mass is 9.99. The van der Waals surface area contributed by atoms with E-state index in [-0.39, 0.29) is 0 Å². The van der Waals surface area contributed by atoms with Gasteiger partial charge in [-0.15, -0.1) is 0 Å². The van der Waals surface area contributed by atoms with Crippen LogP contribution in [0.1, 0.15) is 0 Å². The zero-order valence-corrected chi connectivity index (χ0v) is 15.1. The maximum absolute atomic E-state index is 6.18. The molecule has 1 heterocycles. The van der Waals surface area contributed by atoms with Crippen molar-refractivity contribution >= 4 is 55.7 Å². The quantitative estimate of drug-likeness (QED) is 0.428. The third-order valence-electron chi connectivity index (χ3n) is 4.93. The molecule has 3 heteroatoms. The molecule has 3 nitrogen and oxygen atoms in total. The predicted molar refractivity (Wildman–Crippen MR) is 110 cm³/mol. The number of benzene rings is 4. The van der Waals surface area contributed by atoms with Crippen molar-refractivity contribution in [2.75, 3.05) is 14.2 Å². The minimum atomic E-state index is 0.876. The molecule has 0 N–H and O–H groups in total. The summed E-state index contributed by atoms with van der Waals surface area (Å²) in [5.41, 5.74) is 1.75. The molecule has 1 aromatic heterocycles. The van der Waals surface area contributed by atoms with Crippen LogP contribution >= 0.6 is 0 Å². The summed E-state index contributed by atoms with van der Waals surface area (Å²) in [5, 5.41) is 8.76. The van der Waals surface area contributed by atoms with Gasteiger partial charge in [0.05, 0.1) is 13.4 Å². The molecule has 0 unspecified atom stereocenters. The molecule has 5 aromatic rings. The molecule has 0 radical (unpaired) electrons. The Hall–Kier alpha value is -3.55. The van der Waals surface area contributed by atoms with E-state index in [9.17, 15) is 0 Å². The molecule has 27 heavy (non-hydrogen) atoms. The van der Waals surface area contributed by atoms with Gasteiger partial charge < -0.3 is 9.15 Å². The largest absolute Gasteiger partial charge is 0.504 e. The van der Waals surface area contributed by atoms with E-state index in [0.717, 1.165) is 48.5 Å². The van der Waals surface area contributed by atoms with E-state index < -0.39 is 0 Å². The molecule has 0 saturated heterocycles. The van der Waals surface area contributed by atoms with Gasteiger partial charge in [0.1, 0.15) is 16.4 Å². The van der Waals surface area contributed by atoms with Gasteiger partial charge in [-0.25, -0.2) is 4.42 Å². The van der Waals surface area contributed by atoms with Crippen molar-refractivity contribution in [1.29, 1.82) is 0 Å². The maximum atomic E-state index is 6.18. The summed E-state index contributed by atoms with van der Waals surface area (Å²) in [4.78, 5) is 0. The molecule has 0 aliphatic rings. The van der Waals surface area contributed by atoms with Crippen molar-refractivity contribution in [3.8, 4) is 0 Å². The summed E-state index contributed by atoms with van der Waals surface area (Å²) in [7, 11) is 3.27. The van der Waals surface area contributed by atoms with Crippen molar-refractivity contribution < 1.29 is 13.6 Å². The van der Waals surface area contributed by atoms with Crippen LogP contribution in [0.3, 0.4) is 0 Å². The monoisotopic (exact) mass is 353 g/mol. The maximum Gasteiger partial charge on any atom is 0.352 e. The van der Waals surface area contributed by atoms with Crippen molar-refractivity contribution in [3.05, 3.63) is 71.1 Å². The first-order valence-corrected chi connectivity index (χ1v) is 8.75. The van der Waals surface area contributed by atoms with Gasteiger partial charge in [-0.1, -0.05) is 30.3 Å². The van der Waals surface area contributed by atoms with Crippen LogP contribution in [0.5, 0.6) is 0 Å². The Balaban J connectivity index is 2.07. The molecular weight excluding hydrogens is 336 g/mol. The summed E-state index contributed by atoms with van der Waals surface area (Å²) in [6, 6.07) is 20.8. The number of hydrogen-bond donors (Lipinski definition) is 0. The van der Waals surface area contributed by atoms with Crippen molar-refractivity contribution in [3.63, 3.8) is 0 Å². The number of furan rings is 1. The third kappa shape index (κ3) is 2.41. The van der Waals surface area contributed by atoms with Crippen molar-refractivity contribution in [2.45, 2.75) is 0 Å². The summed E-state index contributed by atoms with van der Waals surface area (Å²) in [6.45, 7) is 0. The van der Waals surface area contributed by atoms with Crippen LogP contribution in [0, 0.1) is 0 Å². The molecule has 0 aliphatic heterocycles. The minimum absolute atomic E-state index is 0.876.